The quantitative estimate of drug-likeness (QED) is 0.0487. The van der Waals surface area contributed by atoms with E-state index < -0.39 is 0 Å². The molecule has 1 amide bonds. The Morgan fingerprint density at radius 1 is 0.411 bits per heavy atom. The number of anilines is 2. The van der Waals surface area contributed by atoms with Crippen LogP contribution in [0.5, 0.6) is 0 Å². The van der Waals surface area contributed by atoms with Gasteiger partial charge in [0.05, 0.1) is 0 Å². The Morgan fingerprint density at radius 2 is 0.711 bits per heavy atom. The van der Waals surface area contributed by atoms with E-state index in [1.807, 2.05) is 199 Å². The molecule has 2 aliphatic carbocycles. The van der Waals surface area contributed by atoms with Crippen molar-refractivity contribution < 1.29 is 18.4 Å². The highest BCUT2D eigenvalue weighted by Crippen LogP contribution is 2.34. The van der Waals surface area contributed by atoms with E-state index in [2.05, 4.69) is 25.2 Å². The Morgan fingerprint density at radius 3 is 1.06 bits per heavy atom. The summed E-state index contributed by atoms with van der Waals surface area (Å²) in [6, 6.07) is 12.0. The van der Waals surface area contributed by atoms with Crippen LogP contribution in [0.25, 0.3) is 21.9 Å². The Balaban J connectivity index is 0.000000336. The predicted octanol–water partition coefficient (Wildman–Crippen LogP) is 14.7. The van der Waals surface area contributed by atoms with Crippen LogP contribution in [0.1, 0.15) is 191 Å². The van der Waals surface area contributed by atoms with Crippen LogP contribution in [-0.4, -0.2) is 11.1 Å². The number of benzene rings is 2. The van der Waals surface area contributed by atoms with Crippen molar-refractivity contribution in [3.05, 3.63) is 59.0 Å². The van der Waals surface area contributed by atoms with E-state index in [4.69, 9.17) is 48.5 Å². The van der Waals surface area contributed by atoms with E-state index in [0.29, 0.717) is 12.8 Å². The number of rotatable bonds is 21. The fraction of sp³-hybridized carbons (Fsp3) is 0.625. The Hall–Kier alpha value is 4.45. The molecule has 6 rings (SSSR count). The molecule has 2 aromatic carbocycles. The number of nitrogens with one attached hydrogen (secondary N) is 1. The molecule has 2 aromatic heterocycles. The molecule has 0 bridgehead atoms. The maximum absolute atomic E-state index is 12.2. The molecule has 0 aliphatic heterocycles. The van der Waals surface area contributed by atoms with Gasteiger partial charge in [-0.1, -0.05) is 117 Å². The SMILES string of the molecule is CCCCCCCCCCCC(=O)Cl.CCCCCCCCCCCC(=O)Nc1ccc2oc3c(c2c1)CCCC3.Nc1ccc2oc3c(c2c1)CCCC3.S=S=S=S=S=S=S=S=S=S=S=S=S=S=S=S=S=S=S=S=S=S=S=S=S=S=S=S=S=S=S=S=S=S=S. The van der Waals surface area contributed by atoms with Gasteiger partial charge in [-0.15, -0.1) is 0 Å². The largest absolute Gasteiger partial charge is 0.461 e. The molecule has 0 saturated heterocycles. The minimum atomic E-state index is -0.187. The summed E-state index contributed by atoms with van der Waals surface area (Å²) in [5, 5.41) is 5.30. The maximum atomic E-state index is 12.2. The van der Waals surface area contributed by atoms with E-state index in [-0.39, 0.29) is 11.1 Å². The number of carbonyl (C=O) groups is 2. The van der Waals surface area contributed by atoms with E-state index in [1.165, 1.54) is 161 Å². The molecule has 514 valence electrons. The van der Waals surface area contributed by atoms with Crippen molar-refractivity contribution in [3.63, 3.8) is 0 Å². The second-order valence-corrected chi connectivity index (χ2v) is 77.0. The molecule has 0 radical (unpaired) electrons. The number of fused-ring (bicyclic) bond motifs is 6. The summed E-state index contributed by atoms with van der Waals surface area (Å²) in [5.41, 5.74) is 12.2. The lowest BCUT2D eigenvalue weighted by Crippen LogP contribution is -2.11. The summed E-state index contributed by atoms with van der Waals surface area (Å²) >= 11 is 14.8. The van der Waals surface area contributed by atoms with Crippen molar-refractivity contribution in [2.24, 2.45) is 0 Å². The van der Waals surface area contributed by atoms with E-state index in [0.717, 1.165) is 79.7 Å². The average molecular weight is 1900 g/mol. The van der Waals surface area contributed by atoms with Crippen molar-refractivity contribution in [1.82, 2.24) is 0 Å². The number of furan rings is 2. The van der Waals surface area contributed by atoms with Gasteiger partial charge >= 0.3 is 0 Å². The van der Waals surface area contributed by atoms with E-state index >= 15 is 0 Å². The number of aryl methyl sites for hydroxylation is 4. The molecule has 42 heteroatoms. The third-order valence-electron chi connectivity index (χ3n) is 12.1. The van der Waals surface area contributed by atoms with Gasteiger partial charge in [-0.25, -0.2) is 0 Å². The number of nitrogen functional groups attached to an aromatic ring is 1. The van der Waals surface area contributed by atoms with Crippen LogP contribution in [0.3, 0.4) is 0 Å². The molecule has 0 saturated carbocycles. The molecule has 0 spiro atoms. The second-order valence-electron chi connectivity index (χ2n) is 18.2. The first-order valence-corrected chi connectivity index (χ1v) is 73.6. The smallest absolute Gasteiger partial charge is 0.224 e. The highest BCUT2D eigenvalue weighted by Gasteiger charge is 2.19. The zero-order valence-corrected chi connectivity index (χ0v) is 78.0. The predicted molar refractivity (Wildman–Crippen MR) is 491 cm³/mol. The molecule has 0 fully saturated rings. The van der Waals surface area contributed by atoms with Crippen molar-refractivity contribution in [2.75, 3.05) is 11.1 Å². The van der Waals surface area contributed by atoms with Crippen molar-refractivity contribution >= 4 is 371 Å². The van der Waals surface area contributed by atoms with Crippen LogP contribution >= 0.6 is 11.6 Å². The zero-order chi connectivity index (χ0) is 64.4. The van der Waals surface area contributed by atoms with Gasteiger partial charge in [0.1, 0.15) is 22.7 Å². The van der Waals surface area contributed by atoms with E-state index in [9.17, 15) is 9.59 Å². The molecule has 0 unspecified atom stereocenters. The fourth-order valence-corrected chi connectivity index (χ4v) is 93.6. The van der Waals surface area contributed by atoms with Crippen LogP contribution < -0.4 is 11.1 Å². The monoisotopic (exact) mass is 1890 g/mol. The molecule has 0 atom stereocenters. The average Bonchev–Trinajstić information content (AvgIpc) is 1.70. The summed E-state index contributed by atoms with van der Waals surface area (Å²) in [6.45, 7) is 4.50. The first-order valence-electron chi connectivity index (χ1n) is 27.9. The number of carbonyl (C=O) groups excluding carboxylic acids is 2. The van der Waals surface area contributed by atoms with Gasteiger partial charge in [0.2, 0.25) is 11.1 Å². The fourth-order valence-electron chi connectivity index (χ4n) is 8.37. The summed E-state index contributed by atoms with van der Waals surface area (Å²) in [4.78, 5) is 22.7. The van der Waals surface area contributed by atoms with Crippen LogP contribution in [-0.2, 0) is 351 Å². The van der Waals surface area contributed by atoms with Gasteiger partial charge in [-0.05, 0) is 99.4 Å². The normalized spacial score (nSPS) is 11.1. The molecular weight excluding hydrogens is 1830 g/mol. The van der Waals surface area contributed by atoms with Crippen LogP contribution in [0, 0.1) is 0 Å². The highest BCUT2D eigenvalue weighted by molar-refractivity contribution is 8.80. The Kier molecular flexibility index (Phi) is 64.5. The van der Waals surface area contributed by atoms with Crippen molar-refractivity contribution in [1.29, 1.82) is 0 Å². The standard InChI is InChI=1S/C24H35NO2.C12H23ClO.C12H13NO.S35/c1-2-3-4-5-6-7-8-9-10-15-24(26)25-19-16-17-23-21(18-19)20-13-11-12-14-22(20)27-23;1-2-3-4-5-6-7-8-9-10-11-12(13)14;13-8-5-6-12-10(7-8)9-3-1-2-4-11(9)14-12;1-3-5-7-9-11-13-15-17-19-21-23-25-27-29-31-33-35-34-32-30-28-26-24-22-20-18-16-14-12-10-8-6-4-2/h16-18H,2-15H2,1H3,(H,25,26);2-11H2,1H3;5-7H,1-4,13H2;. The minimum Gasteiger partial charge on any atom is -0.461 e. The van der Waals surface area contributed by atoms with Crippen molar-refractivity contribution in [3.8, 4) is 0 Å². The number of amides is 1. The summed E-state index contributed by atoms with van der Waals surface area (Å²) < 4.78 is 11.8. The molecule has 3 N–H and O–H groups in total. The lowest BCUT2D eigenvalue weighted by Gasteiger charge is -2.09. The first-order chi connectivity index (χ1) is 44.3. The van der Waals surface area contributed by atoms with Crippen LogP contribution in [0.15, 0.2) is 45.2 Å². The molecule has 90 heavy (non-hydrogen) atoms. The summed E-state index contributed by atoms with van der Waals surface area (Å²) in [6.07, 6.45) is 33.5. The van der Waals surface area contributed by atoms with Gasteiger partial charge in [0, 0.05) is 374 Å². The number of unbranched alkanes of at least 4 members (excludes halogenated alkanes) is 16. The van der Waals surface area contributed by atoms with Crippen LogP contribution in [0.4, 0.5) is 11.4 Å². The zero-order valence-electron chi connectivity index (χ0n) is 48.6. The molecule has 2 aliphatic rings. The van der Waals surface area contributed by atoms with Gasteiger partial charge < -0.3 is 19.9 Å². The lowest BCUT2D eigenvalue weighted by molar-refractivity contribution is -0.116. The van der Waals surface area contributed by atoms with Gasteiger partial charge in [0.15, 0.2) is 0 Å². The van der Waals surface area contributed by atoms with Gasteiger partial charge in [-0.2, -0.15) is 0 Å². The molecular formula is C48H71ClN2O4S35. The minimum absolute atomic E-state index is 0.134. The van der Waals surface area contributed by atoms with Crippen LogP contribution in [0.2, 0.25) is 0 Å². The first kappa shape index (κ1) is 88.7. The Labute approximate surface area is 641 Å². The van der Waals surface area contributed by atoms with Crippen molar-refractivity contribution in [2.45, 2.75) is 194 Å². The highest BCUT2D eigenvalue weighted by atomic mass is 35.5. The Bertz CT molecular complexity index is 4390. The van der Waals surface area contributed by atoms with Gasteiger partial charge in [0.25, 0.3) is 0 Å². The molecule has 4 aromatic rings. The number of hydrogen-bond donors (Lipinski definition) is 2. The summed E-state index contributed by atoms with van der Waals surface area (Å²) in [5.74, 6) is 2.46. The third kappa shape index (κ3) is 48.4. The number of halogens is 1. The number of nitrogens with two attached hydrogens (primary N) is 1. The summed E-state index contributed by atoms with van der Waals surface area (Å²) in [7, 11) is 58.2. The topological polar surface area (TPSA) is 98.5 Å². The number of hydrogen-bond acceptors (Lipinski definition) is 7. The molecule has 6 nitrogen and oxygen atoms in total. The molecule has 2 heterocycles. The maximum Gasteiger partial charge on any atom is 0.224 e. The lowest BCUT2D eigenvalue weighted by atomic mass is 9.96. The van der Waals surface area contributed by atoms with Gasteiger partial charge in [-0.3, -0.25) is 9.59 Å². The van der Waals surface area contributed by atoms with E-state index in [1.54, 1.807) is 107 Å². The third-order valence-corrected chi connectivity index (χ3v) is 83.4. The second kappa shape index (κ2) is 65.5.